The fourth-order valence-electron chi connectivity index (χ4n) is 3.72. The van der Waals surface area contributed by atoms with Crippen molar-refractivity contribution in [2.75, 3.05) is 17.6 Å². The van der Waals surface area contributed by atoms with Crippen molar-refractivity contribution >= 4 is 49.9 Å². The molecule has 0 unspecified atom stereocenters. The summed E-state index contributed by atoms with van der Waals surface area (Å²) in [6.07, 6.45) is 8.77. The number of fused-ring (bicyclic) bond motifs is 1. The lowest BCUT2D eigenvalue weighted by molar-refractivity contribution is 0.417. The third kappa shape index (κ3) is 7.26. The predicted octanol–water partition coefficient (Wildman–Crippen LogP) is 7.43. The van der Waals surface area contributed by atoms with E-state index in [-0.39, 0.29) is 5.75 Å². The molecule has 0 fully saturated rings. The second kappa shape index (κ2) is 12.0. The van der Waals surface area contributed by atoms with Gasteiger partial charge in [-0.3, -0.25) is 4.72 Å². The zero-order valence-electron chi connectivity index (χ0n) is 19.1. The largest absolute Gasteiger partial charge is 0.495 e. The van der Waals surface area contributed by atoms with Gasteiger partial charge in [0.05, 0.1) is 39.6 Å². The Morgan fingerprint density at radius 1 is 0.970 bits per heavy atom. The van der Waals surface area contributed by atoms with Crippen LogP contribution >= 0.6 is 23.2 Å². The van der Waals surface area contributed by atoms with E-state index in [1.165, 1.54) is 32.8 Å². The number of ether oxygens (including phenoxy) is 1. The molecule has 0 radical (unpaired) electrons. The number of rotatable bonds is 13. The molecule has 0 saturated carbocycles. The van der Waals surface area contributed by atoms with Crippen molar-refractivity contribution in [3.63, 3.8) is 0 Å². The average molecular weight is 513 g/mol. The molecule has 0 atom stereocenters. The molecule has 0 aliphatic heterocycles. The van der Waals surface area contributed by atoms with E-state index < -0.39 is 10.0 Å². The van der Waals surface area contributed by atoms with Crippen LogP contribution in [0.5, 0.6) is 5.75 Å². The second-order valence-corrected chi connectivity index (χ2v) is 10.8. The lowest BCUT2D eigenvalue weighted by Gasteiger charge is -2.13. The number of sulfonamides is 1. The van der Waals surface area contributed by atoms with Gasteiger partial charge in [-0.15, -0.1) is 0 Å². The summed E-state index contributed by atoms with van der Waals surface area (Å²) in [6, 6.07) is 8.65. The van der Waals surface area contributed by atoms with Gasteiger partial charge in [-0.05, 0) is 36.8 Å². The van der Waals surface area contributed by atoms with Crippen molar-refractivity contribution < 1.29 is 13.2 Å². The number of methoxy groups -OCH3 is 1. The topological polar surface area (TPSA) is 84.1 Å². The summed E-state index contributed by atoms with van der Waals surface area (Å²) in [5, 5.41) is 0.856. The molecule has 180 valence electrons. The minimum absolute atomic E-state index is 0.0803. The Kier molecular flexibility index (Phi) is 9.29. The number of H-pyrrole nitrogens is 1. The number of nitrogens with one attached hydrogen (secondary N) is 2. The number of unbranched alkanes of at least 4 members (excludes halogenated alkanes) is 7. The van der Waals surface area contributed by atoms with Gasteiger partial charge in [-0.2, -0.15) is 0 Å². The van der Waals surface area contributed by atoms with Crippen LogP contribution in [0.2, 0.25) is 10.0 Å². The van der Waals surface area contributed by atoms with E-state index in [4.69, 9.17) is 27.9 Å². The standard InChI is InChI=1S/C24H31Cl2N3O3S/c1-3-4-5-6-7-8-9-10-13-33(30,31)29-22-14-17(11-12-23(22)32-2)24-27-20-15-18(25)19(26)16-21(20)28-24/h11-12,14-16,29H,3-10,13H2,1-2H3,(H,27,28). The van der Waals surface area contributed by atoms with Crippen LogP contribution in [0.15, 0.2) is 30.3 Å². The van der Waals surface area contributed by atoms with Crippen LogP contribution in [0.1, 0.15) is 58.3 Å². The van der Waals surface area contributed by atoms with Gasteiger partial charge in [0.1, 0.15) is 11.6 Å². The van der Waals surface area contributed by atoms with Crippen molar-refractivity contribution in [1.82, 2.24) is 9.97 Å². The first-order chi connectivity index (χ1) is 15.8. The van der Waals surface area contributed by atoms with Crippen LogP contribution in [0, 0.1) is 0 Å². The normalized spacial score (nSPS) is 11.8. The molecule has 0 bridgehead atoms. The fraction of sp³-hybridized carbons (Fsp3) is 0.458. The number of halogens is 2. The molecule has 6 nitrogen and oxygen atoms in total. The third-order valence-electron chi connectivity index (χ3n) is 5.53. The highest BCUT2D eigenvalue weighted by molar-refractivity contribution is 7.92. The number of aromatic nitrogens is 2. The lowest BCUT2D eigenvalue weighted by atomic mass is 10.1. The summed E-state index contributed by atoms with van der Waals surface area (Å²) in [6.45, 7) is 2.20. The molecule has 0 aliphatic carbocycles. The number of nitrogens with zero attached hydrogens (tertiary/aromatic N) is 1. The van der Waals surface area contributed by atoms with Gasteiger partial charge in [-0.25, -0.2) is 13.4 Å². The highest BCUT2D eigenvalue weighted by Gasteiger charge is 2.16. The van der Waals surface area contributed by atoms with E-state index in [0.29, 0.717) is 44.8 Å². The first-order valence-corrected chi connectivity index (χ1v) is 13.8. The summed E-state index contributed by atoms with van der Waals surface area (Å²) < 4.78 is 33.4. The monoisotopic (exact) mass is 511 g/mol. The third-order valence-corrected chi connectivity index (χ3v) is 7.61. The summed E-state index contributed by atoms with van der Waals surface area (Å²) in [7, 11) is -1.99. The van der Waals surface area contributed by atoms with Crippen LogP contribution in [-0.2, 0) is 10.0 Å². The Morgan fingerprint density at radius 2 is 1.64 bits per heavy atom. The van der Waals surface area contributed by atoms with Crippen molar-refractivity contribution in [3.8, 4) is 17.1 Å². The Morgan fingerprint density at radius 3 is 2.33 bits per heavy atom. The lowest BCUT2D eigenvalue weighted by Crippen LogP contribution is -2.17. The molecule has 0 spiro atoms. The van der Waals surface area contributed by atoms with E-state index >= 15 is 0 Å². The van der Waals surface area contributed by atoms with Crippen molar-refractivity contribution in [1.29, 1.82) is 0 Å². The molecule has 1 heterocycles. The first kappa shape index (κ1) is 25.7. The number of anilines is 1. The van der Waals surface area contributed by atoms with Gasteiger partial charge in [0.25, 0.3) is 0 Å². The molecular weight excluding hydrogens is 481 g/mol. The maximum absolute atomic E-state index is 12.7. The molecule has 0 aliphatic rings. The summed E-state index contributed by atoms with van der Waals surface area (Å²) in [5.74, 6) is 1.10. The smallest absolute Gasteiger partial charge is 0.232 e. The van der Waals surface area contributed by atoms with E-state index in [1.54, 1.807) is 24.3 Å². The van der Waals surface area contributed by atoms with Crippen molar-refractivity contribution in [2.45, 2.75) is 58.3 Å². The second-order valence-electron chi connectivity index (χ2n) is 8.18. The zero-order valence-corrected chi connectivity index (χ0v) is 21.4. The number of benzene rings is 2. The quantitative estimate of drug-likeness (QED) is 0.233. The van der Waals surface area contributed by atoms with Gasteiger partial charge >= 0.3 is 0 Å². The molecule has 3 rings (SSSR count). The van der Waals surface area contributed by atoms with Crippen LogP contribution in [0.3, 0.4) is 0 Å². The Hall–Kier alpha value is -1.96. The van der Waals surface area contributed by atoms with Crippen molar-refractivity contribution in [2.24, 2.45) is 0 Å². The number of hydrogen-bond donors (Lipinski definition) is 2. The van der Waals surface area contributed by atoms with Crippen molar-refractivity contribution in [3.05, 3.63) is 40.4 Å². The highest BCUT2D eigenvalue weighted by Crippen LogP contribution is 2.33. The molecule has 2 aromatic carbocycles. The summed E-state index contributed by atoms with van der Waals surface area (Å²) >= 11 is 12.2. The summed E-state index contributed by atoms with van der Waals surface area (Å²) in [4.78, 5) is 7.76. The molecule has 2 N–H and O–H groups in total. The number of aromatic amines is 1. The average Bonchev–Trinajstić information content (AvgIpc) is 3.18. The van der Waals surface area contributed by atoms with Gasteiger partial charge < -0.3 is 9.72 Å². The van der Waals surface area contributed by atoms with E-state index in [0.717, 1.165) is 24.8 Å². The zero-order chi connectivity index (χ0) is 23.8. The first-order valence-electron chi connectivity index (χ1n) is 11.4. The molecular formula is C24H31Cl2N3O3S. The SMILES string of the molecule is CCCCCCCCCCS(=O)(=O)Nc1cc(-c2nc3cc(Cl)c(Cl)cc3[nH]2)ccc1OC. The number of imidazole rings is 1. The van der Waals surface area contributed by atoms with Gasteiger partial charge in [0.2, 0.25) is 10.0 Å². The van der Waals surface area contributed by atoms with E-state index in [9.17, 15) is 8.42 Å². The maximum atomic E-state index is 12.7. The van der Waals surface area contributed by atoms with E-state index in [1.807, 2.05) is 6.07 Å². The van der Waals surface area contributed by atoms with Crippen LogP contribution < -0.4 is 9.46 Å². The minimum Gasteiger partial charge on any atom is -0.495 e. The van der Waals surface area contributed by atoms with E-state index in [2.05, 4.69) is 21.6 Å². The van der Waals surface area contributed by atoms with Crippen LogP contribution in [-0.4, -0.2) is 31.2 Å². The molecule has 3 aromatic rings. The molecule has 1 aromatic heterocycles. The molecule has 33 heavy (non-hydrogen) atoms. The van der Waals surface area contributed by atoms with Crippen LogP contribution in [0.25, 0.3) is 22.4 Å². The van der Waals surface area contributed by atoms with Crippen LogP contribution in [0.4, 0.5) is 5.69 Å². The number of hydrogen-bond acceptors (Lipinski definition) is 4. The molecule has 0 amide bonds. The van der Waals surface area contributed by atoms with Gasteiger partial charge in [0.15, 0.2) is 0 Å². The minimum atomic E-state index is -3.50. The highest BCUT2D eigenvalue weighted by atomic mass is 35.5. The Balaban J connectivity index is 1.67. The fourth-order valence-corrected chi connectivity index (χ4v) is 5.22. The van der Waals surface area contributed by atoms with Gasteiger partial charge in [-0.1, -0.05) is 75.1 Å². The van der Waals surface area contributed by atoms with Gasteiger partial charge in [0, 0.05) is 5.56 Å². The predicted molar refractivity (Wildman–Crippen MR) is 138 cm³/mol. The Bertz CT molecular complexity index is 1140. The molecule has 0 saturated heterocycles. The molecule has 9 heteroatoms. The maximum Gasteiger partial charge on any atom is 0.232 e. The summed E-state index contributed by atoms with van der Waals surface area (Å²) in [5.41, 5.74) is 2.51. The Labute approximate surface area is 206 Å².